The molecule has 2 heterocycles. The van der Waals surface area contributed by atoms with Crippen LogP contribution in [0.25, 0.3) is 0 Å². The monoisotopic (exact) mass is 392 g/mol. The van der Waals surface area contributed by atoms with Gasteiger partial charge in [0.15, 0.2) is 5.69 Å². The predicted octanol–water partition coefficient (Wildman–Crippen LogP) is 3.17. The van der Waals surface area contributed by atoms with E-state index in [9.17, 15) is 4.79 Å². The lowest BCUT2D eigenvalue weighted by molar-refractivity contribution is 0.0945. The van der Waals surface area contributed by atoms with E-state index >= 15 is 0 Å². The van der Waals surface area contributed by atoms with Gasteiger partial charge in [0.1, 0.15) is 12.0 Å². The lowest BCUT2D eigenvalue weighted by Crippen LogP contribution is -2.26. The molecule has 1 aromatic carbocycles. The molecule has 0 bridgehead atoms. The summed E-state index contributed by atoms with van der Waals surface area (Å²) in [5.41, 5.74) is 2.49. The van der Waals surface area contributed by atoms with Gasteiger partial charge in [0.25, 0.3) is 5.91 Å². The number of hydrogen-bond acceptors (Lipinski definition) is 6. The molecule has 3 aromatic rings. The minimum Gasteiger partial charge on any atom is -0.497 e. The van der Waals surface area contributed by atoms with E-state index in [1.165, 1.54) is 24.7 Å². The lowest BCUT2D eigenvalue weighted by atomic mass is 10.2. The Labute approximate surface area is 169 Å². The van der Waals surface area contributed by atoms with E-state index in [2.05, 4.69) is 32.3 Å². The Hall–Kier alpha value is -3.19. The molecular weight excluding hydrogens is 368 g/mol. The van der Waals surface area contributed by atoms with Crippen LogP contribution in [0.2, 0.25) is 0 Å². The second-order valence-electron chi connectivity index (χ2n) is 7.15. The predicted molar refractivity (Wildman–Crippen MR) is 107 cm³/mol. The van der Waals surface area contributed by atoms with Gasteiger partial charge in [-0.05, 0) is 48.2 Å². The minimum absolute atomic E-state index is 0.245. The highest BCUT2D eigenvalue weighted by atomic mass is 16.5. The molecule has 0 saturated heterocycles. The van der Waals surface area contributed by atoms with Crippen molar-refractivity contribution in [3.63, 3.8) is 0 Å². The smallest absolute Gasteiger partial charge is 0.273 e. The zero-order chi connectivity index (χ0) is 20.1. The molecule has 150 valence electrons. The summed E-state index contributed by atoms with van der Waals surface area (Å²) in [5.74, 6) is 1.16. The summed E-state index contributed by atoms with van der Waals surface area (Å²) < 4.78 is 10.8. The summed E-state index contributed by atoms with van der Waals surface area (Å²) >= 11 is 0. The zero-order valence-corrected chi connectivity index (χ0v) is 16.4. The van der Waals surface area contributed by atoms with Gasteiger partial charge in [0, 0.05) is 31.5 Å². The van der Waals surface area contributed by atoms with Crippen molar-refractivity contribution in [1.82, 2.24) is 20.2 Å². The number of hydrogen-bond donors (Lipinski definition) is 1. The van der Waals surface area contributed by atoms with Crippen LogP contribution >= 0.6 is 0 Å². The average Bonchev–Trinajstić information content (AvgIpc) is 3.51. The van der Waals surface area contributed by atoms with E-state index in [1.54, 1.807) is 19.5 Å². The second kappa shape index (κ2) is 8.87. The summed E-state index contributed by atoms with van der Waals surface area (Å²) in [6.07, 6.45) is 7.18. The van der Waals surface area contributed by atoms with Crippen LogP contribution in [0.15, 0.2) is 59.5 Å². The van der Waals surface area contributed by atoms with Crippen LogP contribution in [-0.2, 0) is 19.6 Å². The van der Waals surface area contributed by atoms with Crippen LogP contribution in [0, 0.1) is 0 Å². The maximum atomic E-state index is 12.3. The zero-order valence-electron chi connectivity index (χ0n) is 16.4. The van der Waals surface area contributed by atoms with E-state index in [0.29, 0.717) is 30.7 Å². The molecule has 1 aliphatic rings. The van der Waals surface area contributed by atoms with Crippen LogP contribution in [0.4, 0.5) is 0 Å². The molecule has 2 aromatic heterocycles. The second-order valence-corrected chi connectivity index (χ2v) is 7.15. The number of pyridine rings is 1. The number of carbonyl (C=O) groups is 1. The van der Waals surface area contributed by atoms with E-state index in [1.807, 2.05) is 24.3 Å². The number of rotatable bonds is 9. The highest BCUT2D eigenvalue weighted by molar-refractivity contribution is 5.91. The van der Waals surface area contributed by atoms with Crippen molar-refractivity contribution in [3.05, 3.63) is 77.8 Å². The molecule has 4 rings (SSSR count). The molecule has 0 radical (unpaired) electrons. The molecule has 1 saturated carbocycles. The van der Waals surface area contributed by atoms with Gasteiger partial charge in [-0.2, -0.15) is 0 Å². The van der Waals surface area contributed by atoms with Gasteiger partial charge in [0.05, 0.1) is 13.7 Å². The normalized spacial score (nSPS) is 13.4. The fourth-order valence-electron chi connectivity index (χ4n) is 3.15. The molecule has 1 aliphatic carbocycles. The van der Waals surface area contributed by atoms with Crippen molar-refractivity contribution >= 4 is 5.91 Å². The Morgan fingerprint density at radius 3 is 2.59 bits per heavy atom. The van der Waals surface area contributed by atoms with E-state index in [0.717, 1.165) is 17.9 Å². The Kier molecular flexibility index (Phi) is 5.86. The number of benzene rings is 1. The van der Waals surface area contributed by atoms with E-state index < -0.39 is 0 Å². The van der Waals surface area contributed by atoms with Gasteiger partial charge >= 0.3 is 0 Å². The number of nitrogens with one attached hydrogen (secondary N) is 1. The number of oxazole rings is 1. The van der Waals surface area contributed by atoms with E-state index in [-0.39, 0.29) is 5.91 Å². The van der Waals surface area contributed by atoms with Gasteiger partial charge in [-0.25, -0.2) is 4.98 Å². The summed E-state index contributed by atoms with van der Waals surface area (Å²) in [6, 6.07) is 12.3. The van der Waals surface area contributed by atoms with Gasteiger partial charge in [-0.15, -0.1) is 0 Å². The lowest BCUT2D eigenvalue weighted by Gasteiger charge is -2.20. The number of ether oxygens (including phenoxy) is 1. The van der Waals surface area contributed by atoms with Gasteiger partial charge in [0.2, 0.25) is 5.89 Å². The first-order chi connectivity index (χ1) is 14.2. The fraction of sp³-hybridized carbons (Fsp3) is 0.318. The molecule has 7 heteroatoms. The van der Waals surface area contributed by atoms with Crippen molar-refractivity contribution in [2.24, 2.45) is 0 Å². The Morgan fingerprint density at radius 1 is 1.14 bits per heavy atom. The highest BCUT2D eigenvalue weighted by Gasteiger charge is 2.30. The Balaban J connectivity index is 1.35. The summed E-state index contributed by atoms with van der Waals surface area (Å²) in [5, 5.41) is 2.85. The molecule has 1 fully saturated rings. The molecule has 0 spiro atoms. The largest absolute Gasteiger partial charge is 0.497 e. The molecular formula is C22H24N4O3. The molecule has 1 N–H and O–H groups in total. The molecule has 7 nitrogen and oxygen atoms in total. The number of methoxy groups -OCH3 is 1. The van der Waals surface area contributed by atoms with Gasteiger partial charge in [-0.3, -0.25) is 14.7 Å². The van der Waals surface area contributed by atoms with Gasteiger partial charge in [-0.1, -0.05) is 12.1 Å². The number of amides is 1. The molecule has 1 amide bonds. The van der Waals surface area contributed by atoms with Crippen molar-refractivity contribution in [2.75, 3.05) is 7.11 Å². The summed E-state index contributed by atoms with van der Waals surface area (Å²) in [6.45, 7) is 1.81. The first-order valence-electron chi connectivity index (χ1n) is 9.70. The summed E-state index contributed by atoms with van der Waals surface area (Å²) in [4.78, 5) is 23.0. The highest BCUT2D eigenvalue weighted by Crippen LogP contribution is 2.30. The minimum atomic E-state index is -0.245. The third-order valence-corrected chi connectivity index (χ3v) is 4.93. The molecule has 29 heavy (non-hydrogen) atoms. The third kappa shape index (κ3) is 5.20. The molecule has 0 aliphatic heterocycles. The first-order valence-corrected chi connectivity index (χ1v) is 9.70. The van der Waals surface area contributed by atoms with Crippen LogP contribution in [0.5, 0.6) is 5.75 Å². The van der Waals surface area contributed by atoms with Crippen molar-refractivity contribution < 1.29 is 13.9 Å². The van der Waals surface area contributed by atoms with Crippen LogP contribution < -0.4 is 10.1 Å². The van der Waals surface area contributed by atoms with Crippen molar-refractivity contribution in [3.8, 4) is 5.75 Å². The van der Waals surface area contributed by atoms with Crippen LogP contribution in [-0.4, -0.2) is 33.9 Å². The molecule has 0 unspecified atom stereocenters. The number of carbonyl (C=O) groups excluding carboxylic acids is 1. The third-order valence-electron chi connectivity index (χ3n) is 4.93. The van der Waals surface area contributed by atoms with Crippen LogP contribution in [0.3, 0.4) is 0 Å². The topological polar surface area (TPSA) is 80.5 Å². The van der Waals surface area contributed by atoms with Crippen LogP contribution in [0.1, 0.15) is 40.3 Å². The Morgan fingerprint density at radius 2 is 1.90 bits per heavy atom. The summed E-state index contributed by atoms with van der Waals surface area (Å²) in [7, 11) is 1.67. The SMILES string of the molecule is COc1ccc(CN(Cc2nc(C(=O)NCc3ccncc3)co2)C2CC2)cc1. The molecule has 0 atom stereocenters. The first kappa shape index (κ1) is 19.1. The maximum absolute atomic E-state index is 12.3. The van der Waals surface area contributed by atoms with Crippen molar-refractivity contribution in [2.45, 2.75) is 38.5 Å². The average molecular weight is 392 g/mol. The maximum Gasteiger partial charge on any atom is 0.273 e. The van der Waals surface area contributed by atoms with Gasteiger partial charge < -0.3 is 14.5 Å². The standard InChI is InChI=1S/C22H24N4O3/c1-28-19-6-2-17(3-7-19)13-26(18-4-5-18)14-21-25-20(15-29-21)22(27)24-12-16-8-10-23-11-9-16/h2-3,6-11,15,18H,4-5,12-14H2,1H3,(H,24,27). The number of nitrogens with zero attached hydrogens (tertiary/aromatic N) is 3. The fourth-order valence-corrected chi connectivity index (χ4v) is 3.15. The van der Waals surface area contributed by atoms with E-state index in [4.69, 9.17) is 9.15 Å². The Bertz CT molecular complexity index is 936. The number of aromatic nitrogens is 2. The van der Waals surface area contributed by atoms with Crippen molar-refractivity contribution in [1.29, 1.82) is 0 Å². The quantitative estimate of drug-likeness (QED) is 0.602.